The monoisotopic (exact) mass is 380 g/mol. The van der Waals surface area contributed by atoms with Gasteiger partial charge in [0.2, 0.25) is 0 Å². The van der Waals surface area contributed by atoms with Gasteiger partial charge in [-0.1, -0.05) is 0 Å². The molecule has 0 bridgehead atoms. The second-order valence-electron chi connectivity index (χ2n) is 6.96. The molecule has 0 aliphatic carbocycles. The van der Waals surface area contributed by atoms with Crippen molar-refractivity contribution in [2.24, 2.45) is 0 Å². The highest BCUT2D eigenvalue weighted by Gasteiger charge is 2.41. The molecule has 0 saturated heterocycles. The van der Waals surface area contributed by atoms with Crippen LogP contribution in [0.25, 0.3) is 10.8 Å². The maximum Gasteiger partial charge on any atom is 0.295 e. The van der Waals surface area contributed by atoms with Crippen LogP contribution in [0.3, 0.4) is 0 Å². The van der Waals surface area contributed by atoms with Crippen LogP contribution < -0.4 is 0 Å². The molecule has 28 heavy (non-hydrogen) atoms. The molecule has 0 spiro atoms. The molecule has 2 heterocycles. The van der Waals surface area contributed by atoms with Crippen molar-refractivity contribution in [3.05, 3.63) is 46.5 Å². The van der Waals surface area contributed by atoms with Gasteiger partial charge in [-0.25, -0.2) is 4.90 Å². The minimum Gasteiger partial charge on any atom is -0.443 e. The molecule has 2 aliphatic heterocycles. The Balaban J connectivity index is 2.01. The maximum absolute atomic E-state index is 12.9. The molecule has 0 saturated carbocycles. The van der Waals surface area contributed by atoms with E-state index in [2.05, 4.69) is 0 Å². The first-order valence-electron chi connectivity index (χ1n) is 8.74. The smallest absolute Gasteiger partial charge is 0.295 e. The summed E-state index contributed by atoms with van der Waals surface area (Å²) in [6.07, 6.45) is -1.09. The molecule has 4 amide bonds. The van der Waals surface area contributed by atoms with E-state index in [1.165, 1.54) is 31.2 Å². The van der Waals surface area contributed by atoms with Crippen LogP contribution in [-0.4, -0.2) is 52.2 Å². The van der Waals surface area contributed by atoms with Crippen molar-refractivity contribution in [1.29, 1.82) is 0 Å². The van der Waals surface area contributed by atoms with Gasteiger partial charge in [0, 0.05) is 39.1 Å². The summed E-state index contributed by atoms with van der Waals surface area (Å²) in [7, 11) is 0. The van der Waals surface area contributed by atoms with Crippen molar-refractivity contribution in [3.63, 3.8) is 0 Å². The zero-order chi connectivity index (χ0) is 20.3. The molecule has 0 unspecified atom stereocenters. The highest BCUT2D eigenvalue weighted by atomic mass is 16.5. The fourth-order valence-corrected chi connectivity index (χ4v) is 3.85. The van der Waals surface area contributed by atoms with Crippen LogP contribution in [0, 0.1) is 0 Å². The first kappa shape index (κ1) is 17.8. The van der Waals surface area contributed by atoms with E-state index in [4.69, 9.17) is 4.74 Å². The number of hydrogen-bond acceptors (Lipinski definition) is 6. The van der Waals surface area contributed by atoms with Crippen molar-refractivity contribution in [3.8, 4) is 0 Å². The van der Waals surface area contributed by atoms with Crippen molar-refractivity contribution >= 4 is 40.9 Å². The molecule has 0 radical (unpaired) electrons. The summed E-state index contributed by atoms with van der Waals surface area (Å²) < 4.78 is 4.78. The largest absolute Gasteiger partial charge is 0.443 e. The third-order valence-corrected chi connectivity index (χ3v) is 5.09. The lowest BCUT2D eigenvalue weighted by Gasteiger charge is -2.34. The molecular formula is C20H16N2O6. The van der Waals surface area contributed by atoms with Crippen molar-refractivity contribution in [1.82, 2.24) is 9.80 Å². The summed E-state index contributed by atoms with van der Waals surface area (Å²) in [6, 6.07) is 5.58. The van der Waals surface area contributed by atoms with E-state index >= 15 is 0 Å². The molecule has 1 atom stereocenters. The van der Waals surface area contributed by atoms with Gasteiger partial charge in [-0.3, -0.25) is 28.9 Å². The number of carbonyl (C=O) groups excluding carboxylic acids is 5. The lowest BCUT2D eigenvalue weighted by molar-refractivity contribution is -0.137. The fourth-order valence-electron chi connectivity index (χ4n) is 3.85. The number of nitrogens with zero attached hydrogens (tertiary/aromatic N) is 2. The first-order valence-corrected chi connectivity index (χ1v) is 8.74. The molecule has 0 fully saturated rings. The summed E-state index contributed by atoms with van der Waals surface area (Å²) >= 11 is 0. The van der Waals surface area contributed by atoms with Crippen molar-refractivity contribution < 1.29 is 28.7 Å². The molecule has 0 N–H and O–H groups in total. The number of imide groups is 2. The van der Waals surface area contributed by atoms with E-state index in [0.29, 0.717) is 5.39 Å². The molecule has 8 nitrogen and oxygen atoms in total. The van der Waals surface area contributed by atoms with E-state index in [1.807, 2.05) is 0 Å². The number of benzene rings is 2. The molecular weight excluding hydrogens is 364 g/mol. The molecule has 0 aromatic heterocycles. The number of rotatable bonds is 4. The third kappa shape index (κ3) is 2.14. The van der Waals surface area contributed by atoms with Gasteiger partial charge in [-0.05, 0) is 45.0 Å². The van der Waals surface area contributed by atoms with E-state index in [9.17, 15) is 24.0 Å². The number of ether oxygens (including phenoxy) is 1. The SMILES string of the molecule is CC(C)N1C(=O)c2ccc3c4c(ccc(c24)C1=O)C(=O)N([C@@H](C)OC=O)C3=O. The highest BCUT2D eigenvalue weighted by Crippen LogP contribution is 2.38. The number of amides is 4. The Bertz CT molecular complexity index is 1030. The summed E-state index contributed by atoms with van der Waals surface area (Å²) in [4.78, 5) is 64.3. The lowest BCUT2D eigenvalue weighted by Crippen LogP contribution is -2.48. The Morgan fingerprint density at radius 1 is 0.714 bits per heavy atom. The third-order valence-electron chi connectivity index (χ3n) is 5.09. The van der Waals surface area contributed by atoms with E-state index in [-0.39, 0.29) is 40.2 Å². The van der Waals surface area contributed by atoms with Crippen LogP contribution in [0.15, 0.2) is 24.3 Å². The van der Waals surface area contributed by atoms with Gasteiger partial charge in [0.05, 0.1) is 0 Å². The van der Waals surface area contributed by atoms with Gasteiger partial charge in [0.25, 0.3) is 30.1 Å². The van der Waals surface area contributed by atoms with Crippen LogP contribution in [0.2, 0.25) is 0 Å². The fraction of sp³-hybridized carbons (Fsp3) is 0.250. The predicted octanol–water partition coefficient (Wildman–Crippen LogP) is 1.96. The topological polar surface area (TPSA) is 101 Å². The standard InChI is InChI=1S/C20H16N2O6/c1-9(2)21-17(24)11-4-6-13-16-14(7-5-12(15(11)16)18(21)25)20(27)22(19(13)26)10(3)28-8-23/h4-10H,1-3H3/t10-/m1/s1. The Labute approximate surface area is 159 Å². The number of carbonyl (C=O) groups is 5. The zero-order valence-electron chi connectivity index (χ0n) is 15.4. The molecule has 2 aromatic rings. The second-order valence-corrected chi connectivity index (χ2v) is 6.96. The molecule has 2 aliphatic rings. The summed E-state index contributed by atoms with van der Waals surface area (Å²) in [6.45, 7) is 5.05. The van der Waals surface area contributed by atoms with Gasteiger partial charge < -0.3 is 4.74 Å². The van der Waals surface area contributed by atoms with Gasteiger partial charge in [0.1, 0.15) is 0 Å². The average molecular weight is 380 g/mol. The first-order chi connectivity index (χ1) is 13.3. The quantitative estimate of drug-likeness (QED) is 0.594. The van der Waals surface area contributed by atoms with Crippen molar-refractivity contribution in [2.75, 3.05) is 0 Å². The van der Waals surface area contributed by atoms with E-state index in [1.54, 1.807) is 13.8 Å². The maximum atomic E-state index is 12.9. The van der Waals surface area contributed by atoms with E-state index in [0.717, 1.165) is 9.80 Å². The van der Waals surface area contributed by atoms with Crippen LogP contribution in [-0.2, 0) is 9.53 Å². The summed E-state index contributed by atoms with van der Waals surface area (Å²) in [5.41, 5.74) is 0.899. The van der Waals surface area contributed by atoms with Gasteiger partial charge in [-0.2, -0.15) is 0 Å². The van der Waals surface area contributed by atoms with Crippen LogP contribution in [0.1, 0.15) is 62.2 Å². The second kappa shape index (κ2) is 5.98. The summed E-state index contributed by atoms with van der Waals surface area (Å²) in [5.74, 6) is -2.23. The Kier molecular flexibility index (Phi) is 3.81. The van der Waals surface area contributed by atoms with E-state index < -0.39 is 29.9 Å². The highest BCUT2D eigenvalue weighted by molar-refractivity contribution is 6.33. The zero-order valence-corrected chi connectivity index (χ0v) is 15.4. The Morgan fingerprint density at radius 2 is 1.07 bits per heavy atom. The molecule has 8 heteroatoms. The van der Waals surface area contributed by atoms with Gasteiger partial charge in [0.15, 0.2) is 6.23 Å². The lowest BCUT2D eigenvalue weighted by atomic mass is 9.85. The Hall–Kier alpha value is -3.55. The average Bonchev–Trinajstić information content (AvgIpc) is 2.64. The minimum atomic E-state index is -1.09. The van der Waals surface area contributed by atoms with Gasteiger partial charge in [-0.15, -0.1) is 0 Å². The van der Waals surface area contributed by atoms with Crippen LogP contribution >= 0.6 is 0 Å². The molecule has 4 rings (SSSR count). The predicted molar refractivity (Wildman–Crippen MR) is 96.7 cm³/mol. The Morgan fingerprint density at radius 3 is 1.39 bits per heavy atom. The summed E-state index contributed by atoms with van der Waals surface area (Å²) in [5, 5.41) is 0.594. The molecule has 2 aromatic carbocycles. The van der Waals surface area contributed by atoms with Crippen molar-refractivity contribution in [2.45, 2.75) is 33.0 Å². The van der Waals surface area contributed by atoms with Gasteiger partial charge >= 0.3 is 0 Å². The molecule has 142 valence electrons. The minimum absolute atomic E-state index is 0.165. The normalized spacial score (nSPS) is 16.9. The number of hydrogen-bond donors (Lipinski definition) is 0. The van der Waals surface area contributed by atoms with Crippen LogP contribution in [0.4, 0.5) is 0 Å². The van der Waals surface area contributed by atoms with Crippen LogP contribution in [0.5, 0.6) is 0 Å².